The van der Waals surface area contributed by atoms with E-state index in [1.54, 1.807) is 42.5 Å². The maximum absolute atomic E-state index is 15.5. The van der Waals surface area contributed by atoms with E-state index in [-0.39, 0.29) is 17.7 Å². The van der Waals surface area contributed by atoms with Crippen molar-refractivity contribution in [1.29, 1.82) is 0 Å². The summed E-state index contributed by atoms with van der Waals surface area (Å²) in [6.07, 6.45) is -0.0432. The average molecular weight is 333 g/mol. The van der Waals surface area contributed by atoms with Crippen molar-refractivity contribution in [2.45, 2.75) is 38.3 Å². The van der Waals surface area contributed by atoms with Crippen LogP contribution in [-0.4, -0.2) is 11.7 Å². The van der Waals surface area contributed by atoms with Crippen molar-refractivity contribution in [2.75, 3.05) is 5.88 Å². The Kier molecular flexibility index (Phi) is 5.26. The lowest BCUT2D eigenvalue weighted by molar-refractivity contribution is 0.0668. The lowest BCUT2D eigenvalue weighted by atomic mass is 9.83. The van der Waals surface area contributed by atoms with E-state index >= 15 is 4.39 Å². The van der Waals surface area contributed by atoms with E-state index in [0.717, 1.165) is 5.56 Å². The lowest BCUT2D eigenvalue weighted by Crippen LogP contribution is -2.32. The number of ketones is 1. The Labute approximate surface area is 142 Å². The molecule has 0 N–H and O–H groups in total. The predicted octanol–water partition coefficient (Wildman–Crippen LogP) is 5.66. The second kappa shape index (κ2) is 6.84. The molecule has 23 heavy (non-hydrogen) atoms. The molecule has 0 heterocycles. The molecule has 0 saturated carbocycles. The fourth-order valence-electron chi connectivity index (χ4n) is 2.57. The van der Waals surface area contributed by atoms with Crippen molar-refractivity contribution < 1.29 is 9.18 Å². The van der Waals surface area contributed by atoms with Crippen molar-refractivity contribution in [2.24, 2.45) is 0 Å². The molecule has 0 fully saturated rings. The van der Waals surface area contributed by atoms with Crippen LogP contribution in [0.5, 0.6) is 0 Å². The van der Waals surface area contributed by atoms with Gasteiger partial charge < -0.3 is 0 Å². The molecule has 2 aromatic carbocycles. The van der Waals surface area contributed by atoms with Gasteiger partial charge in [0.1, 0.15) is 0 Å². The first-order valence-corrected chi connectivity index (χ1v) is 8.28. The number of hydrogen-bond donors (Lipinski definition) is 0. The summed E-state index contributed by atoms with van der Waals surface area (Å²) in [6.45, 7) is 6.29. The molecule has 0 saturated heterocycles. The third kappa shape index (κ3) is 3.81. The first kappa shape index (κ1) is 17.7. The molecule has 0 aliphatic rings. The van der Waals surface area contributed by atoms with Gasteiger partial charge in [0.05, 0.1) is 0 Å². The number of Topliss-reactive ketones (excluding diaryl/α,β-unsaturated/α-hetero) is 1. The Morgan fingerprint density at radius 3 is 2.00 bits per heavy atom. The van der Waals surface area contributed by atoms with Gasteiger partial charge in [-0.25, -0.2) is 4.39 Å². The van der Waals surface area contributed by atoms with E-state index in [4.69, 9.17) is 11.6 Å². The Hall–Kier alpha value is -1.67. The zero-order chi connectivity index (χ0) is 17.1. The van der Waals surface area contributed by atoms with E-state index in [1.807, 2.05) is 12.1 Å². The molecular weight excluding hydrogens is 311 g/mol. The van der Waals surface area contributed by atoms with E-state index in [0.29, 0.717) is 11.1 Å². The number of carbonyl (C=O) groups is 1. The summed E-state index contributed by atoms with van der Waals surface area (Å²) in [5, 5.41) is 0. The predicted molar refractivity (Wildman–Crippen MR) is 94.0 cm³/mol. The Bertz CT molecular complexity index is 658. The molecule has 0 aromatic heterocycles. The van der Waals surface area contributed by atoms with Crippen LogP contribution in [0.15, 0.2) is 54.6 Å². The third-order valence-corrected chi connectivity index (χ3v) is 4.23. The molecule has 2 rings (SSSR count). The van der Waals surface area contributed by atoms with E-state index in [1.165, 1.54) is 0 Å². The van der Waals surface area contributed by atoms with Crippen molar-refractivity contribution in [3.63, 3.8) is 0 Å². The van der Waals surface area contributed by atoms with Gasteiger partial charge in [-0.1, -0.05) is 75.4 Å². The number of halogens is 2. The summed E-state index contributed by atoms with van der Waals surface area (Å²) in [6, 6.07) is 15.7. The summed E-state index contributed by atoms with van der Waals surface area (Å²) in [7, 11) is 0. The summed E-state index contributed by atoms with van der Waals surface area (Å²) in [5.74, 6) is -0.457. The molecule has 0 radical (unpaired) electrons. The van der Waals surface area contributed by atoms with Gasteiger partial charge in [0.25, 0.3) is 0 Å². The minimum absolute atomic E-state index is 0.00997. The summed E-state index contributed by atoms with van der Waals surface area (Å²) in [5.41, 5.74) is -0.272. The van der Waals surface area contributed by atoms with Crippen LogP contribution in [0.1, 0.15) is 48.7 Å². The highest BCUT2D eigenvalue weighted by molar-refractivity contribution is 6.18. The summed E-state index contributed by atoms with van der Waals surface area (Å²) >= 11 is 5.76. The second-order valence-corrected chi connectivity index (χ2v) is 7.14. The zero-order valence-electron chi connectivity index (χ0n) is 13.8. The van der Waals surface area contributed by atoms with Crippen molar-refractivity contribution >= 4 is 17.4 Å². The van der Waals surface area contributed by atoms with Crippen LogP contribution < -0.4 is 0 Å². The zero-order valence-corrected chi connectivity index (χ0v) is 14.5. The van der Waals surface area contributed by atoms with Crippen LogP contribution in [-0.2, 0) is 11.1 Å². The number of hydrogen-bond acceptors (Lipinski definition) is 1. The molecular formula is C20H22ClFO. The number of benzene rings is 2. The third-order valence-electron chi connectivity index (χ3n) is 4.04. The fraction of sp³-hybridized carbons (Fsp3) is 0.350. The normalized spacial score (nSPS) is 14.3. The van der Waals surface area contributed by atoms with Crippen LogP contribution in [0.3, 0.4) is 0 Å². The van der Waals surface area contributed by atoms with Gasteiger partial charge in [0.15, 0.2) is 5.67 Å². The summed E-state index contributed by atoms with van der Waals surface area (Å²) in [4.78, 5) is 12.8. The highest BCUT2D eigenvalue weighted by Crippen LogP contribution is 2.34. The molecule has 1 atom stereocenters. The topological polar surface area (TPSA) is 17.1 Å². The minimum Gasteiger partial charge on any atom is -0.290 e. The monoisotopic (exact) mass is 332 g/mol. The average Bonchev–Trinajstić information content (AvgIpc) is 2.54. The molecule has 0 aliphatic carbocycles. The highest BCUT2D eigenvalue weighted by atomic mass is 35.5. The standard InChI is InChI=1S/C20H22ClFO/c1-19(2,3)16-11-9-15(10-12-16)18(23)20(22,13-14-21)17-7-5-4-6-8-17/h4-12H,13-14H2,1-3H3/t20-/m0/s1. The number of carbonyl (C=O) groups excluding carboxylic acids is 1. The molecule has 0 bridgehead atoms. The van der Waals surface area contributed by atoms with Crippen LogP contribution in [0, 0.1) is 0 Å². The molecule has 3 heteroatoms. The highest BCUT2D eigenvalue weighted by Gasteiger charge is 2.40. The van der Waals surface area contributed by atoms with Gasteiger partial charge in [-0.15, -0.1) is 11.6 Å². The second-order valence-electron chi connectivity index (χ2n) is 6.76. The van der Waals surface area contributed by atoms with Crippen molar-refractivity contribution in [3.05, 3.63) is 71.3 Å². The maximum atomic E-state index is 15.5. The lowest BCUT2D eigenvalue weighted by Gasteiger charge is -2.24. The maximum Gasteiger partial charge on any atom is 0.204 e. The molecule has 0 unspecified atom stereocenters. The van der Waals surface area contributed by atoms with Crippen LogP contribution in [0.4, 0.5) is 4.39 Å². The number of alkyl halides is 2. The minimum atomic E-state index is -2.09. The van der Waals surface area contributed by atoms with Gasteiger partial charge in [-0.3, -0.25) is 4.79 Å². The van der Waals surface area contributed by atoms with Crippen molar-refractivity contribution in [1.82, 2.24) is 0 Å². The Balaban J connectivity index is 2.39. The van der Waals surface area contributed by atoms with Gasteiger partial charge in [-0.05, 0) is 16.5 Å². The Morgan fingerprint density at radius 1 is 0.957 bits per heavy atom. The first-order valence-electron chi connectivity index (χ1n) is 7.75. The van der Waals surface area contributed by atoms with Gasteiger partial charge in [0, 0.05) is 17.9 Å². The fourth-order valence-corrected chi connectivity index (χ4v) is 2.83. The quantitative estimate of drug-likeness (QED) is 0.510. The molecule has 122 valence electrons. The van der Waals surface area contributed by atoms with Gasteiger partial charge >= 0.3 is 0 Å². The van der Waals surface area contributed by atoms with E-state index < -0.39 is 11.5 Å². The largest absolute Gasteiger partial charge is 0.290 e. The summed E-state index contributed by atoms with van der Waals surface area (Å²) < 4.78 is 15.5. The van der Waals surface area contributed by atoms with E-state index in [9.17, 15) is 4.79 Å². The Morgan fingerprint density at radius 2 is 1.52 bits per heavy atom. The van der Waals surface area contributed by atoms with Gasteiger partial charge in [0.2, 0.25) is 5.78 Å². The molecule has 0 aliphatic heterocycles. The SMILES string of the molecule is CC(C)(C)c1ccc(C(=O)[C@](F)(CCCl)c2ccccc2)cc1. The van der Waals surface area contributed by atoms with E-state index in [2.05, 4.69) is 20.8 Å². The van der Waals surface area contributed by atoms with Gasteiger partial charge in [-0.2, -0.15) is 0 Å². The number of rotatable bonds is 5. The van der Waals surface area contributed by atoms with Crippen molar-refractivity contribution in [3.8, 4) is 0 Å². The molecule has 2 aromatic rings. The molecule has 0 amide bonds. The van der Waals surface area contributed by atoms with Crippen LogP contribution in [0.25, 0.3) is 0 Å². The molecule has 1 nitrogen and oxygen atoms in total. The van der Waals surface area contributed by atoms with Crippen LogP contribution in [0.2, 0.25) is 0 Å². The van der Waals surface area contributed by atoms with Crippen LogP contribution >= 0.6 is 11.6 Å². The smallest absolute Gasteiger partial charge is 0.204 e. The first-order chi connectivity index (χ1) is 10.8. The molecule has 0 spiro atoms.